The number of rotatable bonds is 7. The summed E-state index contributed by atoms with van der Waals surface area (Å²) in [6.45, 7) is 2.34. The molecule has 9 heteroatoms. The van der Waals surface area contributed by atoms with E-state index >= 15 is 0 Å². The second-order valence-corrected chi connectivity index (χ2v) is 5.99. The summed E-state index contributed by atoms with van der Waals surface area (Å²) in [4.78, 5) is 14.9. The zero-order chi connectivity index (χ0) is 14.5. The average molecular weight is 314 g/mol. The number of hydrogen-bond acceptors (Lipinski definition) is 7. The highest BCUT2D eigenvalue weighted by atomic mass is 32.2. The zero-order valence-corrected chi connectivity index (χ0v) is 12.4. The van der Waals surface area contributed by atoms with Crippen LogP contribution < -0.4 is 0 Å². The van der Waals surface area contributed by atoms with Gasteiger partial charge < -0.3 is 14.8 Å². The monoisotopic (exact) mass is 314 g/mol. The first-order valence-corrected chi connectivity index (χ1v) is 7.75. The maximum absolute atomic E-state index is 10.6. The third-order valence-corrected chi connectivity index (χ3v) is 4.55. The van der Waals surface area contributed by atoms with Gasteiger partial charge in [-0.3, -0.25) is 4.79 Å². The molecule has 2 aromatic heterocycles. The number of hydrogen-bond donors (Lipinski definition) is 2. The number of thioether (sulfide) groups is 1. The molecule has 0 aliphatic carbocycles. The highest BCUT2D eigenvalue weighted by molar-refractivity contribution is 7.99. The largest absolute Gasteiger partial charge is 0.481 e. The maximum atomic E-state index is 10.6. The first-order chi connectivity index (χ1) is 9.61. The summed E-state index contributed by atoms with van der Waals surface area (Å²) in [7, 11) is 0. The van der Waals surface area contributed by atoms with Crippen LogP contribution in [0.2, 0.25) is 0 Å². The Morgan fingerprint density at radius 1 is 1.55 bits per heavy atom. The van der Waals surface area contributed by atoms with Gasteiger partial charge in [0.25, 0.3) is 0 Å². The topological polar surface area (TPSA) is 101 Å². The second kappa shape index (κ2) is 6.82. The molecule has 7 nitrogen and oxygen atoms in total. The SMILES string of the molecule is CC(Cn1c(CO)nnc1SCC(=O)O)c1nccs1. The van der Waals surface area contributed by atoms with Gasteiger partial charge in [-0.25, -0.2) is 4.98 Å². The summed E-state index contributed by atoms with van der Waals surface area (Å²) in [5.41, 5.74) is 0. The molecule has 20 heavy (non-hydrogen) atoms. The lowest BCUT2D eigenvalue weighted by Gasteiger charge is -2.13. The van der Waals surface area contributed by atoms with E-state index in [1.54, 1.807) is 22.1 Å². The van der Waals surface area contributed by atoms with Crippen molar-refractivity contribution in [2.45, 2.75) is 31.1 Å². The van der Waals surface area contributed by atoms with E-state index in [9.17, 15) is 9.90 Å². The third-order valence-electron chi connectivity index (χ3n) is 2.59. The lowest BCUT2D eigenvalue weighted by Crippen LogP contribution is -2.11. The lowest BCUT2D eigenvalue weighted by atomic mass is 10.2. The number of nitrogens with zero attached hydrogens (tertiary/aromatic N) is 4. The van der Waals surface area contributed by atoms with Gasteiger partial charge in [-0.05, 0) is 0 Å². The van der Waals surface area contributed by atoms with Gasteiger partial charge in [0.15, 0.2) is 11.0 Å². The fraction of sp³-hybridized carbons (Fsp3) is 0.455. The minimum atomic E-state index is -0.914. The van der Waals surface area contributed by atoms with Gasteiger partial charge in [0, 0.05) is 24.0 Å². The van der Waals surface area contributed by atoms with Gasteiger partial charge >= 0.3 is 5.97 Å². The number of carbonyl (C=O) groups is 1. The molecule has 2 rings (SSSR count). The van der Waals surface area contributed by atoms with Crippen LogP contribution in [0.4, 0.5) is 0 Å². The van der Waals surface area contributed by atoms with Crippen LogP contribution in [-0.2, 0) is 17.9 Å². The van der Waals surface area contributed by atoms with E-state index in [1.807, 2.05) is 12.3 Å². The first kappa shape index (κ1) is 14.9. The van der Waals surface area contributed by atoms with E-state index < -0.39 is 5.97 Å². The van der Waals surface area contributed by atoms with E-state index in [0.717, 1.165) is 16.8 Å². The van der Waals surface area contributed by atoms with E-state index in [2.05, 4.69) is 15.2 Å². The first-order valence-electron chi connectivity index (χ1n) is 5.88. The fourth-order valence-corrected chi connectivity index (χ4v) is 3.06. The molecule has 0 fully saturated rings. The van der Waals surface area contributed by atoms with Gasteiger partial charge in [-0.1, -0.05) is 18.7 Å². The number of carboxylic acid groups (broad SMARTS) is 1. The van der Waals surface area contributed by atoms with Crippen molar-refractivity contribution >= 4 is 29.1 Å². The molecule has 0 saturated carbocycles. The molecule has 1 atom stereocenters. The fourth-order valence-electron chi connectivity index (χ4n) is 1.68. The summed E-state index contributed by atoms with van der Waals surface area (Å²) in [5.74, 6) is -0.431. The van der Waals surface area contributed by atoms with E-state index in [1.165, 1.54) is 0 Å². The summed E-state index contributed by atoms with van der Waals surface area (Å²) in [6, 6.07) is 0. The van der Waals surface area contributed by atoms with E-state index in [0.29, 0.717) is 17.5 Å². The van der Waals surface area contributed by atoms with Gasteiger partial charge in [-0.2, -0.15) is 0 Å². The molecule has 2 N–H and O–H groups in total. The predicted molar refractivity (Wildman–Crippen MR) is 74.8 cm³/mol. The Morgan fingerprint density at radius 3 is 2.95 bits per heavy atom. The Bertz CT molecular complexity index is 570. The van der Waals surface area contributed by atoms with Crippen LogP contribution in [0.1, 0.15) is 23.7 Å². The standard InChI is InChI=1S/C11H14N4O3S2/c1-7(10-12-2-3-19-10)4-15-8(5-16)13-14-11(15)20-6-9(17)18/h2-3,7,16H,4-6H2,1H3,(H,17,18). The number of thiazole rings is 1. The maximum Gasteiger partial charge on any atom is 0.313 e. The molecule has 1 unspecified atom stereocenters. The molecular formula is C11H14N4O3S2. The Morgan fingerprint density at radius 2 is 2.35 bits per heavy atom. The van der Waals surface area contributed by atoms with Crippen LogP contribution >= 0.6 is 23.1 Å². The molecule has 0 aliphatic rings. The predicted octanol–water partition coefficient (Wildman–Crippen LogP) is 1.21. The van der Waals surface area contributed by atoms with Crippen molar-refractivity contribution in [3.05, 3.63) is 22.4 Å². The highest BCUT2D eigenvalue weighted by Gasteiger charge is 2.17. The van der Waals surface area contributed by atoms with Gasteiger partial charge in [0.2, 0.25) is 0 Å². The Labute approximate surface area is 123 Å². The van der Waals surface area contributed by atoms with Crippen molar-refractivity contribution < 1.29 is 15.0 Å². The molecule has 0 radical (unpaired) electrons. The number of carboxylic acids is 1. The van der Waals surface area contributed by atoms with Crippen molar-refractivity contribution in [3.8, 4) is 0 Å². The van der Waals surface area contributed by atoms with Crippen molar-refractivity contribution in [1.29, 1.82) is 0 Å². The zero-order valence-electron chi connectivity index (χ0n) is 10.8. The van der Waals surface area contributed by atoms with Crippen LogP contribution in [0.3, 0.4) is 0 Å². The highest BCUT2D eigenvalue weighted by Crippen LogP contribution is 2.24. The van der Waals surface area contributed by atoms with Crippen molar-refractivity contribution in [1.82, 2.24) is 19.7 Å². The minimum Gasteiger partial charge on any atom is -0.481 e. The van der Waals surface area contributed by atoms with Gasteiger partial charge in [0.1, 0.15) is 6.61 Å². The normalized spacial score (nSPS) is 12.5. The second-order valence-electron chi connectivity index (χ2n) is 4.12. The smallest absolute Gasteiger partial charge is 0.313 e. The average Bonchev–Trinajstić information content (AvgIpc) is 3.05. The van der Waals surface area contributed by atoms with Gasteiger partial charge in [-0.15, -0.1) is 21.5 Å². The molecule has 0 aromatic carbocycles. The lowest BCUT2D eigenvalue weighted by molar-refractivity contribution is -0.133. The van der Waals surface area contributed by atoms with Crippen LogP contribution in [0, 0.1) is 0 Å². The van der Waals surface area contributed by atoms with Crippen molar-refractivity contribution in [2.24, 2.45) is 0 Å². The van der Waals surface area contributed by atoms with Crippen LogP contribution in [0.5, 0.6) is 0 Å². The van der Waals surface area contributed by atoms with Crippen LogP contribution in [0.25, 0.3) is 0 Å². The van der Waals surface area contributed by atoms with Crippen molar-refractivity contribution in [2.75, 3.05) is 5.75 Å². The quantitative estimate of drug-likeness (QED) is 0.741. The third kappa shape index (κ3) is 3.56. The molecule has 0 amide bonds. The molecule has 0 bridgehead atoms. The number of aliphatic hydroxyl groups is 1. The summed E-state index contributed by atoms with van der Waals surface area (Å²) in [5, 5.41) is 29.2. The van der Waals surface area contributed by atoms with Crippen LogP contribution in [-0.4, -0.2) is 41.7 Å². The summed E-state index contributed by atoms with van der Waals surface area (Å²) < 4.78 is 1.75. The summed E-state index contributed by atoms with van der Waals surface area (Å²) in [6.07, 6.45) is 1.75. The minimum absolute atomic E-state index is 0.0881. The molecular weight excluding hydrogens is 300 g/mol. The number of aliphatic hydroxyl groups excluding tert-OH is 1. The van der Waals surface area contributed by atoms with Crippen LogP contribution in [0.15, 0.2) is 16.7 Å². The van der Waals surface area contributed by atoms with Gasteiger partial charge in [0.05, 0.1) is 10.8 Å². The number of aliphatic carboxylic acids is 1. The molecule has 108 valence electrons. The molecule has 2 aromatic rings. The van der Waals surface area contributed by atoms with E-state index in [4.69, 9.17) is 5.11 Å². The Kier molecular flexibility index (Phi) is 5.10. The Balaban J connectivity index is 2.15. The van der Waals surface area contributed by atoms with Crippen molar-refractivity contribution in [3.63, 3.8) is 0 Å². The van der Waals surface area contributed by atoms with E-state index in [-0.39, 0.29) is 18.3 Å². The molecule has 2 heterocycles. The summed E-state index contributed by atoms with van der Waals surface area (Å²) >= 11 is 2.65. The number of aromatic nitrogens is 4. The molecule has 0 aliphatic heterocycles. The molecule has 0 saturated heterocycles. The Hall–Kier alpha value is -1.45. The molecule has 0 spiro atoms.